The molecule has 1 aliphatic heterocycles. The fourth-order valence-corrected chi connectivity index (χ4v) is 4.33. The minimum Gasteiger partial charge on any atom is -0.388 e. The van der Waals surface area contributed by atoms with Crippen molar-refractivity contribution in [1.82, 2.24) is 19.5 Å². The summed E-state index contributed by atoms with van der Waals surface area (Å²) in [5.41, 5.74) is 3.76. The maximum Gasteiger partial charge on any atom is 0.115 e. The minimum absolute atomic E-state index is 0.475. The van der Waals surface area contributed by atoms with Gasteiger partial charge >= 0.3 is 0 Å². The van der Waals surface area contributed by atoms with Gasteiger partial charge in [0.15, 0.2) is 0 Å². The quantitative estimate of drug-likeness (QED) is 0.428. The molecule has 4 aromatic rings. The van der Waals surface area contributed by atoms with E-state index >= 15 is 0 Å². The lowest BCUT2D eigenvalue weighted by Crippen LogP contribution is -2.40. The van der Waals surface area contributed by atoms with Crippen LogP contribution in [0, 0.1) is 0 Å². The normalized spacial score (nSPS) is 16.0. The van der Waals surface area contributed by atoms with Crippen LogP contribution in [0.4, 0.5) is 0 Å². The van der Waals surface area contributed by atoms with Crippen LogP contribution in [-0.2, 0) is 29.0 Å². The first-order valence-electron chi connectivity index (χ1n) is 11.2. The summed E-state index contributed by atoms with van der Waals surface area (Å²) in [6, 6.07) is 14.0. The van der Waals surface area contributed by atoms with E-state index in [9.17, 15) is 5.11 Å². The zero-order chi connectivity index (χ0) is 21.8. The molecular weight excluding hydrogens is 404 g/mol. The summed E-state index contributed by atoms with van der Waals surface area (Å²) >= 11 is 0. The highest BCUT2D eigenvalue weighted by Gasteiger charge is 2.32. The number of pyridine rings is 2. The predicted octanol–water partition coefficient (Wildman–Crippen LogP) is 3.67. The topological polar surface area (TPSA) is 82.3 Å². The Morgan fingerprint density at radius 2 is 1.88 bits per heavy atom. The van der Waals surface area contributed by atoms with Crippen LogP contribution in [0.15, 0.2) is 54.9 Å². The molecule has 7 nitrogen and oxygen atoms in total. The van der Waals surface area contributed by atoms with E-state index in [1.807, 2.05) is 30.3 Å². The largest absolute Gasteiger partial charge is 0.388 e. The summed E-state index contributed by atoms with van der Waals surface area (Å²) in [5.74, 6) is 0.934. The van der Waals surface area contributed by atoms with Crippen molar-refractivity contribution < 1.29 is 14.6 Å². The van der Waals surface area contributed by atoms with Crippen LogP contribution in [0.5, 0.6) is 0 Å². The van der Waals surface area contributed by atoms with Crippen LogP contribution in [0.1, 0.15) is 30.7 Å². The van der Waals surface area contributed by atoms with Gasteiger partial charge in [0, 0.05) is 45.3 Å². The van der Waals surface area contributed by atoms with Gasteiger partial charge in [0.05, 0.1) is 36.0 Å². The molecule has 166 valence electrons. The van der Waals surface area contributed by atoms with Gasteiger partial charge < -0.3 is 19.1 Å². The lowest BCUT2D eigenvalue weighted by molar-refractivity contribution is -0.0725. The number of rotatable bonds is 8. The molecule has 0 aliphatic carbocycles. The molecule has 32 heavy (non-hydrogen) atoms. The van der Waals surface area contributed by atoms with E-state index in [1.54, 1.807) is 12.4 Å². The molecule has 1 fully saturated rings. The van der Waals surface area contributed by atoms with Gasteiger partial charge in [0.2, 0.25) is 0 Å². The van der Waals surface area contributed by atoms with Crippen molar-refractivity contribution in [3.63, 3.8) is 0 Å². The molecule has 0 amide bonds. The Balaban J connectivity index is 1.39. The lowest BCUT2D eigenvalue weighted by atomic mass is 9.94. The lowest BCUT2D eigenvalue weighted by Gasteiger charge is -2.33. The number of hydrogen-bond donors (Lipinski definition) is 1. The second-order valence-corrected chi connectivity index (χ2v) is 8.46. The van der Waals surface area contributed by atoms with E-state index in [4.69, 9.17) is 14.5 Å². The molecule has 1 aromatic carbocycles. The maximum atomic E-state index is 11.2. The summed E-state index contributed by atoms with van der Waals surface area (Å²) in [5, 5.41) is 11.2. The van der Waals surface area contributed by atoms with Crippen molar-refractivity contribution >= 4 is 22.1 Å². The van der Waals surface area contributed by atoms with Crippen molar-refractivity contribution in [1.29, 1.82) is 0 Å². The Morgan fingerprint density at radius 3 is 2.72 bits per heavy atom. The minimum atomic E-state index is -0.811. The smallest absolute Gasteiger partial charge is 0.115 e. The van der Waals surface area contributed by atoms with Crippen molar-refractivity contribution in [2.24, 2.45) is 0 Å². The Morgan fingerprint density at radius 1 is 1.03 bits per heavy atom. The van der Waals surface area contributed by atoms with Gasteiger partial charge in [0.25, 0.3) is 0 Å². The first kappa shape index (κ1) is 21.0. The van der Waals surface area contributed by atoms with Gasteiger partial charge in [-0.1, -0.05) is 30.3 Å². The molecule has 0 atom stereocenters. The number of aryl methyl sites for hydroxylation is 1. The van der Waals surface area contributed by atoms with E-state index < -0.39 is 5.60 Å². The number of aromatic nitrogens is 4. The number of fused-ring (bicyclic) bond motifs is 3. The second kappa shape index (κ2) is 9.32. The number of nitrogens with zero attached hydrogens (tertiary/aromatic N) is 4. The summed E-state index contributed by atoms with van der Waals surface area (Å²) in [6.45, 7) is 2.88. The van der Waals surface area contributed by atoms with Gasteiger partial charge in [-0.15, -0.1) is 0 Å². The Kier molecular flexibility index (Phi) is 6.12. The third kappa shape index (κ3) is 4.50. The number of hydrogen-bond acceptors (Lipinski definition) is 6. The average Bonchev–Trinajstić information content (AvgIpc) is 3.17. The van der Waals surface area contributed by atoms with E-state index in [2.05, 4.69) is 26.7 Å². The number of benzene rings is 1. The molecule has 1 N–H and O–H groups in total. The van der Waals surface area contributed by atoms with Gasteiger partial charge in [0.1, 0.15) is 16.9 Å². The molecule has 1 aliphatic rings. The Labute approximate surface area is 187 Å². The molecule has 0 unspecified atom stereocenters. The molecule has 0 saturated carbocycles. The summed E-state index contributed by atoms with van der Waals surface area (Å²) in [7, 11) is 0. The van der Waals surface area contributed by atoms with Gasteiger partial charge in [-0.05, 0) is 24.1 Å². The van der Waals surface area contributed by atoms with E-state index in [0.29, 0.717) is 45.8 Å². The van der Waals surface area contributed by atoms with Crippen LogP contribution < -0.4 is 0 Å². The molecule has 5 rings (SSSR count). The number of imidazole rings is 1. The molecule has 3 aromatic heterocycles. The molecule has 4 heterocycles. The van der Waals surface area contributed by atoms with Crippen molar-refractivity contribution in [3.05, 3.63) is 66.2 Å². The Bertz CT molecular complexity index is 1190. The van der Waals surface area contributed by atoms with E-state index in [-0.39, 0.29) is 0 Å². The van der Waals surface area contributed by atoms with E-state index in [0.717, 1.165) is 40.7 Å². The maximum absolute atomic E-state index is 11.2. The van der Waals surface area contributed by atoms with Crippen molar-refractivity contribution in [3.8, 4) is 0 Å². The van der Waals surface area contributed by atoms with Crippen molar-refractivity contribution in [2.45, 2.75) is 44.4 Å². The summed E-state index contributed by atoms with van der Waals surface area (Å²) in [4.78, 5) is 14.0. The van der Waals surface area contributed by atoms with Crippen LogP contribution in [-0.4, -0.2) is 50.0 Å². The number of ether oxygens (including phenoxy) is 2. The van der Waals surface area contributed by atoms with Gasteiger partial charge in [-0.3, -0.25) is 9.97 Å². The monoisotopic (exact) mass is 432 g/mol. The standard InChI is InChI=1S/C25H28N4O3/c30-25(10-14-31-15-11-25)18-29-22(9-5-13-32-17-19-6-2-1-3-7-19)28-21-16-27-20-8-4-12-26-23(20)24(21)29/h1-4,6-8,12,16,30H,5,9-11,13-15,17-18H2. The SMILES string of the molecule is OC1(Cn2c(CCCOCc3ccccc3)nc3cnc4cccnc4c32)CCOCC1. The summed E-state index contributed by atoms with van der Waals surface area (Å²) < 4.78 is 13.5. The molecule has 7 heteroatoms. The van der Waals surface area contributed by atoms with Crippen LogP contribution in [0.25, 0.3) is 22.1 Å². The third-order valence-corrected chi connectivity index (χ3v) is 6.09. The van der Waals surface area contributed by atoms with Crippen LogP contribution in [0.3, 0.4) is 0 Å². The fraction of sp³-hybridized carbons (Fsp3) is 0.400. The second-order valence-electron chi connectivity index (χ2n) is 8.46. The summed E-state index contributed by atoms with van der Waals surface area (Å²) in [6.07, 6.45) is 6.41. The Hall–Kier alpha value is -2.87. The molecule has 0 spiro atoms. The highest BCUT2D eigenvalue weighted by atomic mass is 16.5. The third-order valence-electron chi connectivity index (χ3n) is 6.09. The highest BCUT2D eigenvalue weighted by molar-refractivity contribution is 5.99. The zero-order valence-electron chi connectivity index (χ0n) is 18.1. The fourth-order valence-electron chi connectivity index (χ4n) is 4.33. The van der Waals surface area contributed by atoms with E-state index in [1.165, 1.54) is 5.56 Å². The van der Waals surface area contributed by atoms with Gasteiger partial charge in [-0.25, -0.2) is 4.98 Å². The molecule has 0 bridgehead atoms. The first-order chi connectivity index (χ1) is 15.7. The number of aliphatic hydroxyl groups is 1. The zero-order valence-corrected chi connectivity index (χ0v) is 18.1. The van der Waals surface area contributed by atoms with Crippen LogP contribution in [0.2, 0.25) is 0 Å². The molecule has 0 radical (unpaired) electrons. The molecule has 1 saturated heterocycles. The average molecular weight is 433 g/mol. The molecular formula is C25H28N4O3. The van der Waals surface area contributed by atoms with Gasteiger partial charge in [-0.2, -0.15) is 0 Å². The van der Waals surface area contributed by atoms with Crippen LogP contribution >= 0.6 is 0 Å². The van der Waals surface area contributed by atoms with Crippen molar-refractivity contribution in [2.75, 3.05) is 19.8 Å². The highest BCUT2D eigenvalue weighted by Crippen LogP contribution is 2.29. The predicted molar refractivity (Wildman–Crippen MR) is 122 cm³/mol. The first-order valence-corrected chi connectivity index (χ1v) is 11.2.